The van der Waals surface area contributed by atoms with E-state index < -0.39 is 172 Å². The van der Waals surface area contributed by atoms with Crippen LogP contribution in [0.3, 0.4) is 0 Å². The van der Waals surface area contributed by atoms with Gasteiger partial charge in [0, 0.05) is 0 Å². The summed E-state index contributed by atoms with van der Waals surface area (Å²) < 4.78 is 48.4. The Morgan fingerprint density at radius 2 is 1.07 bits per heavy atom. The molecule has 14 N–H and O–H groups in total. The second-order valence-electron chi connectivity index (χ2n) is 21.7. The van der Waals surface area contributed by atoms with Crippen LogP contribution in [0.25, 0.3) is 0 Å². The van der Waals surface area contributed by atoms with Crippen LogP contribution in [0.5, 0.6) is 0 Å². The summed E-state index contributed by atoms with van der Waals surface area (Å²) in [4.78, 5) is 14.4. The monoisotopic (exact) mass is 978 g/mol. The highest BCUT2D eigenvalue weighted by atomic mass is 16.8. The molecule has 9 aliphatic rings. The summed E-state index contributed by atoms with van der Waals surface area (Å²) >= 11 is 0. The molecule has 0 aromatic rings. The number of aliphatic hydroxyl groups is 14. The fourth-order valence-corrected chi connectivity index (χ4v) is 14.9. The third-order valence-electron chi connectivity index (χ3n) is 18.2. The van der Waals surface area contributed by atoms with E-state index in [1.165, 1.54) is 0 Å². The van der Waals surface area contributed by atoms with Gasteiger partial charge in [0.2, 0.25) is 6.29 Å². The van der Waals surface area contributed by atoms with Gasteiger partial charge in [0.1, 0.15) is 97.7 Å². The molecule has 23 nitrogen and oxygen atoms in total. The molecule has 9 fully saturated rings. The maximum absolute atomic E-state index is 14.4. The third-order valence-corrected chi connectivity index (χ3v) is 18.2. The first-order chi connectivity index (χ1) is 32.1. The van der Waals surface area contributed by atoms with Crippen molar-refractivity contribution in [2.24, 2.45) is 33.5 Å². The molecule has 5 aliphatic carbocycles. The molecule has 0 aromatic carbocycles. The number of ether oxygens (including phenoxy) is 8. The molecular weight excluding hydrogens is 908 g/mol. The quantitative estimate of drug-likeness (QED) is 0.0642. The first-order valence-corrected chi connectivity index (χ1v) is 23.8. The Labute approximate surface area is 391 Å². The molecule has 23 heteroatoms. The number of aliphatic hydroxyl groups excluding tert-OH is 14. The fourth-order valence-electron chi connectivity index (χ4n) is 14.9. The highest BCUT2D eigenvalue weighted by Crippen LogP contribution is 2.87. The molecule has 388 valence electrons. The molecule has 4 heterocycles. The summed E-state index contributed by atoms with van der Waals surface area (Å²) in [5.41, 5.74) is -2.42. The number of esters is 1. The number of carbonyl (C=O) groups excluding carboxylic acids is 1. The van der Waals surface area contributed by atoms with Gasteiger partial charge in [0.15, 0.2) is 18.9 Å². The summed E-state index contributed by atoms with van der Waals surface area (Å²) in [6.07, 6.45) is -28.7. The molecule has 9 rings (SSSR count). The largest absolute Gasteiger partial charge is 0.432 e. The average molecular weight is 979 g/mol. The molecule has 27 atom stereocenters. The van der Waals surface area contributed by atoms with E-state index in [2.05, 4.69) is 13.5 Å². The first kappa shape index (κ1) is 51.3. The SMILES string of the molecule is C=C1CC23CC1(OC1OC(CO)C(O)C(OC4OC(CO)C(O)C(O)C4O)C1OC1OC(CO)C(O)C(O)C1O)CCC2C12CCCC(C)(C(=O)OC4OC(CO)C(O)C(O)C4O)C1CC2(C)C3. The normalized spacial score (nSPS) is 56.6. The van der Waals surface area contributed by atoms with E-state index in [0.29, 0.717) is 50.5 Å². The molecule has 27 unspecified atom stereocenters. The van der Waals surface area contributed by atoms with E-state index in [1.54, 1.807) is 0 Å². The lowest BCUT2D eigenvalue weighted by Crippen LogP contribution is -2.68. The standard InChI is InChI=1S/C45H70O23/c1-17-9-43-15-41(2)10-23-42(3,40(60)67-38-33(59)30(56)26(52)20(13-48)63-38)6-4-7-45(23,41)22(43)5-8-44(17,16-43)68-39-35(66-37-32(58)29(55)25(51)19(12-47)62-37)34(27(53)21(14-49)64-39)65-36-31(57)28(54)24(50)18(11-46)61-36/h18-39,46-59H,1,4-16H2,2-3H3. The van der Waals surface area contributed by atoms with Gasteiger partial charge in [-0.1, -0.05) is 19.9 Å². The number of rotatable bonds is 12. The topological polar surface area (TPSA) is 374 Å². The van der Waals surface area contributed by atoms with Crippen molar-refractivity contribution in [3.8, 4) is 0 Å². The average Bonchev–Trinajstić information content (AvgIpc) is 3.60. The third kappa shape index (κ3) is 7.60. The first-order valence-electron chi connectivity index (χ1n) is 23.8. The van der Waals surface area contributed by atoms with Crippen LogP contribution in [0.4, 0.5) is 0 Å². The maximum Gasteiger partial charge on any atom is 0.314 e. The Kier molecular flexibility index (Phi) is 13.9. The Balaban J connectivity index is 0.999. The Hall–Kier alpha value is -1.63. The van der Waals surface area contributed by atoms with Gasteiger partial charge in [0.25, 0.3) is 0 Å². The summed E-state index contributed by atoms with van der Waals surface area (Å²) in [7, 11) is 0. The zero-order valence-electron chi connectivity index (χ0n) is 38.0. The van der Waals surface area contributed by atoms with E-state index in [9.17, 15) is 76.3 Å². The van der Waals surface area contributed by atoms with Crippen molar-refractivity contribution in [1.29, 1.82) is 0 Å². The van der Waals surface area contributed by atoms with Gasteiger partial charge in [-0.25, -0.2) is 0 Å². The van der Waals surface area contributed by atoms with Gasteiger partial charge >= 0.3 is 5.97 Å². The van der Waals surface area contributed by atoms with Gasteiger partial charge < -0.3 is 109 Å². The minimum Gasteiger partial charge on any atom is -0.432 e. The lowest BCUT2D eigenvalue weighted by Gasteiger charge is -2.69. The molecule has 5 saturated carbocycles. The van der Waals surface area contributed by atoms with Crippen LogP contribution in [-0.4, -0.2) is 232 Å². The summed E-state index contributed by atoms with van der Waals surface area (Å²) in [5.74, 6) is -0.695. The smallest absolute Gasteiger partial charge is 0.314 e. The minimum absolute atomic E-state index is 0.0668. The maximum atomic E-state index is 14.4. The molecule has 0 radical (unpaired) electrons. The Bertz CT molecular complexity index is 1860. The van der Waals surface area contributed by atoms with E-state index in [4.69, 9.17) is 37.9 Å². The van der Waals surface area contributed by atoms with Crippen LogP contribution in [-0.2, 0) is 42.7 Å². The van der Waals surface area contributed by atoms with Crippen molar-refractivity contribution in [2.75, 3.05) is 26.4 Å². The second-order valence-corrected chi connectivity index (χ2v) is 21.7. The molecule has 2 bridgehead atoms. The number of carbonyl (C=O) groups is 1. The molecule has 2 spiro atoms. The van der Waals surface area contributed by atoms with E-state index in [0.717, 1.165) is 12.8 Å². The number of fused-ring (bicyclic) bond motifs is 1. The molecule has 0 amide bonds. The lowest BCUT2D eigenvalue weighted by molar-refractivity contribution is -0.399. The van der Waals surface area contributed by atoms with Crippen molar-refractivity contribution in [1.82, 2.24) is 0 Å². The highest BCUT2D eigenvalue weighted by molar-refractivity contribution is 5.78. The predicted octanol–water partition coefficient (Wildman–Crippen LogP) is -5.11. The van der Waals surface area contributed by atoms with Crippen molar-refractivity contribution < 1.29 is 114 Å². The van der Waals surface area contributed by atoms with Crippen molar-refractivity contribution in [3.05, 3.63) is 12.2 Å². The van der Waals surface area contributed by atoms with E-state index in [1.807, 2.05) is 6.92 Å². The lowest BCUT2D eigenvalue weighted by atomic mass is 9.34. The summed E-state index contributed by atoms with van der Waals surface area (Å²) in [5, 5.41) is 148. The van der Waals surface area contributed by atoms with Crippen molar-refractivity contribution >= 4 is 5.97 Å². The molecule has 4 aliphatic heterocycles. The van der Waals surface area contributed by atoms with Gasteiger partial charge in [-0.2, -0.15) is 0 Å². The highest BCUT2D eigenvalue weighted by Gasteiger charge is 2.82. The molecule has 0 aromatic heterocycles. The Morgan fingerprint density at radius 1 is 0.588 bits per heavy atom. The number of hydrogen-bond acceptors (Lipinski definition) is 23. The van der Waals surface area contributed by atoms with Gasteiger partial charge in [0.05, 0.1) is 37.4 Å². The minimum atomic E-state index is -1.95. The van der Waals surface area contributed by atoms with Crippen LogP contribution in [0.15, 0.2) is 12.2 Å². The molecule has 4 saturated heterocycles. The van der Waals surface area contributed by atoms with Crippen LogP contribution in [0.2, 0.25) is 0 Å². The van der Waals surface area contributed by atoms with E-state index >= 15 is 0 Å². The van der Waals surface area contributed by atoms with Crippen LogP contribution < -0.4 is 0 Å². The van der Waals surface area contributed by atoms with Crippen molar-refractivity contribution in [3.63, 3.8) is 0 Å². The second kappa shape index (κ2) is 18.4. The van der Waals surface area contributed by atoms with Crippen LogP contribution in [0, 0.1) is 33.5 Å². The van der Waals surface area contributed by atoms with Crippen LogP contribution >= 0.6 is 0 Å². The van der Waals surface area contributed by atoms with Gasteiger partial charge in [-0.05, 0) is 91.9 Å². The van der Waals surface area contributed by atoms with Gasteiger partial charge in [-0.3, -0.25) is 4.79 Å². The summed E-state index contributed by atoms with van der Waals surface area (Å²) in [6.45, 7) is 5.55. The predicted molar refractivity (Wildman–Crippen MR) is 221 cm³/mol. The zero-order chi connectivity index (χ0) is 49.2. The Morgan fingerprint density at radius 3 is 1.62 bits per heavy atom. The fraction of sp³-hybridized carbons (Fsp3) is 0.933. The summed E-state index contributed by atoms with van der Waals surface area (Å²) in [6, 6.07) is 0. The number of hydrogen-bond donors (Lipinski definition) is 14. The van der Waals surface area contributed by atoms with E-state index in [-0.39, 0.29) is 22.7 Å². The molecule has 68 heavy (non-hydrogen) atoms. The van der Waals surface area contributed by atoms with Gasteiger partial charge in [-0.15, -0.1) is 0 Å². The zero-order valence-corrected chi connectivity index (χ0v) is 38.0. The molecular formula is C45H70O23. The van der Waals surface area contributed by atoms with Crippen molar-refractivity contribution in [2.45, 2.75) is 200 Å². The van der Waals surface area contributed by atoms with Crippen LogP contribution in [0.1, 0.15) is 71.6 Å².